The van der Waals surface area contributed by atoms with E-state index < -0.39 is 0 Å². The van der Waals surface area contributed by atoms with Gasteiger partial charge in [-0.1, -0.05) is 0 Å². The van der Waals surface area contributed by atoms with Crippen LogP contribution in [0, 0.1) is 3.57 Å². The highest BCUT2D eigenvalue weighted by molar-refractivity contribution is 14.1. The Labute approximate surface area is 83.5 Å². The zero-order valence-electron chi connectivity index (χ0n) is 6.37. The smallest absolute Gasteiger partial charge is 0.174 e. The van der Waals surface area contributed by atoms with Crippen LogP contribution in [0.5, 0.6) is 11.5 Å². The number of hydrogen-bond donors (Lipinski definition) is 1. The van der Waals surface area contributed by atoms with Gasteiger partial charge in [0.1, 0.15) is 0 Å². The molecule has 0 amide bonds. The number of carbonyl (C=O) groups is 1. The summed E-state index contributed by atoms with van der Waals surface area (Å²) in [6, 6.07) is 2.98. The molecule has 0 saturated heterocycles. The van der Waals surface area contributed by atoms with E-state index in [2.05, 4.69) is 0 Å². The highest BCUT2D eigenvalue weighted by Crippen LogP contribution is 2.32. The first kappa shape index (κ1) is 9.31. The molecule has 4 heteroatoms. The van der Waals surface area contributed by atoms with E-state index in [9.17, 15) is 9.90 Å². The van der Waals surface area contributed by atoms with Gasteiger partial charge in [-0.3, -0.25) is 4.79 Å². The average molecular weight is 278 g/mol. The minimum atomic E-state index is 0.0486. The number of aromatic hydroxyl groups is 1. The van der Waals surface area contributed by atoms with Gasteiger partial charge >= 0.3 is 0 Å². The molecule has 12 heavy (non-hydrogen) atoms. The van der Waals surface area contributed by atoms with Gasteiger partial charge in [0.05, 0.1) is 10.7 Å². The third-order valence-corrected chi connectivity index (χ3v) is 2.55. The van der Waals surface area contributed by atoms with Crippen molar-refractivity contribution in [3.05, 3.63) is 21.3 Å². The predicted octanol–water partition coefficient (Wildman–Crippen LogP) is 1.82. The summed E-state index contributed by atoms with van der Waals surface area (Å²) in [4.78, 5) is 10.5. The Morgan fingerprint density at radius 1 is 1.58 bits per heavy atom. The van der Waals surface area contributed by atoms with Gasteiger partial charge in [-0.25, -0.2) is 0 Å². The molecule has 1 aromatic rings. The van der Waals surface area contributed by atoms with Gasteiger partial charge in [0.25, 0.3) is 0 Å². The fourth-order valence-electron chi connectivity index (χ4n) is 0.846. The lowest BCUT2D eigenvalue weighted by Crippen LogP contribution is -1.92. The Bertz CT molecular complexity index is 309. The average Bonchev–Trinajstić information content (AvgIpc) is 2.06. The predicted molar refractivity (Wildman–Crippen MR) is 52.8 cm³/mol. The number of phenols is 1. The van der Waals surface area contributed by atoms with Crippen molar-refractivity contribution in [2.45, 2.75) is 0 Å². The van der Waals surface area contributed by atoms with E-state index in [0.29, 0.717) is 14.9 Å². The molecule has 0 heterocycles. The maximum atomic E-state index is 10.5. The molecule has 0 fully saturated rings. The lowest BCUT2D eigenvalue weighted by atomic mass is 10.2. The lowest BCUT2D eigenvalue weighted by Gasteiger charge is -2.06. The summed E-state index contributed by atoms with van der Waals surface area (Å²) in [6.07, 6.45) is 0.726. The van der Waals surface area contributed by atoms with Crippen LogP contribution in [0.15, 0.2) is 12.1 Å². The Morgan fingerprint density at radius 3 is 2.75 bits per heavy atom. The van der Waals surface area contributed by atoms with Gasteiger partial charge in [-0.15, -0.1) is 0 Å². The normalized spacial score (nSPS) is 9.50. The zero-order valence-corrected chi connectivity index (χ0v) is 8.53. The van der Waals surface area contributed by atoms with Crippen LogP contribution < -0.4 is 4.74 Å². The van der Waals surface area contributed by atoms with Crippen molar-refractivity contribution in [3.8, 4) is 11.5 Å². The second-order valence-electron chi connectivity index (χ2n) is 2.14. The maximum absolute atomic E-state index is 10.5. The molecule has 1 aromatic carbocycles. The van der Waals surface area contributed by atoms with Crippen LogP contribution in [0.1, 0.15) is 10.4 Å². The highest BCUT2D eigenvalue weighted by atomic mass is 127. The van der Waals surface area contributed by atoms with Crippen LogP contribution in [-0.2, 0) is 0 Å². The lowest BCUT2D eigenvalue weighted by molar-refractivity contribution is 0.112. The van der Waals surface area contributed by atoms with Crippen LogP contribution in [0.25, 0.3) is 0 Å². The van der Waals surface area contributed by atoms with Gasteiger partial charge in [0.15, 0.2) is 17.8 Å². The number of halogens is 1. The third kappa shape index (κ3) is 1.52. The number of ether oxygens (including phenoxy) is 1. The molecule has 0 bridgehead atoms. The molecular weight excluding hydrogens is 271 g/mol. The Balaban J connectivity index is 3.33. The van der Waals surface area contributed by atoms with Crippen molar-refractivity contribution >= 4 is 28.9 Å². The van der Waals surface area contributed by atoms with Gasteiger partial charge in [0, 0.05) is 5.56 Å². The van der Waals surface area contributed by atoms with Crippen LogP contribution >= 0.6 is 22.6 Å². The summed E-state index contributed by atoms with van der Waals surface area (Å²) < 4.78 is 5.53. The summed E-state index contributed by atoms with van der Waals surface area (Å²) in [5.41, 5.74) is 0.519. The number of methoxy groups -OCH3 is 1. The molecule has 0 aliphatic heterocycles. The molecular formula is C8H7IO3. The van der Waals surface area contributed by atoms with E-state index >= 15 is 0 Å². The SMILES string of the molecule is COc1c(O)ccc(C=O)c1I. The van der Waals surface area contributed by atoms with Crippen molar-refractivity contribution in [3.63, 3.8) is 0 Å². The summed E-state index contributed by atoms with van der Waals surface area (Å²) in [7, 11) is 1.45. The summed E-state index contributed by atoms with van der Waals surface area (Å²) in [5, 5.41) is 9.27. The van der Waals surface area contributed by atoms with Gasteiger partial charge in [-0.2, -0.15) is 0 Å². The Morgan fingerprint density at radius 2 is 2.25 bits per heavy atom. The van der Waals surface area contributed by atoms with E-state index in [1.165, 1.54) is 13.2 Å². The molecule has 64 valence electrons. The molecule has 0 aromatic heterocycles. The number of aldehydes is 1. The van der Waals surface area contributed by atoms with E-state index in [1.54, 1.807) is 6.07 Å². The first-order chi connectivity index (χ1) is 5.70. The molecule has 0 unspecified atom stereocenters. The van der Waals surface area contributed by atoms with E-state index in [4.69, 9.17) is 4.74 Å². The number of hydrogen-bond acceptors (Lipinski definition) is 3. The summed E-state index contributed by atoms with van der Waals surface area (Å²) in [5.74, 6) is 0.396. The fourth-order valence-corrected chi connectivity index (χ4v) is 1.65. The zero-order chi connectivity index (χ0) is 9.14. The molecule has 3 nitrogen and oxygen atoms in total. The quantitative estimate of drug-likeness (QED) is 0.663. The molecule has 0 saturated carbocycles. The van der Waals surface area contributed by atoms with Crippen molar-refractivity contribution in [2.24, 2.45) is 0 Å². The summed E-state index contributed by atoms with van der Waals surface area (Å²) >= 11 is 1.95. The molecule has 0 atom stereocenters. The largest absolute Gasteiger partial charge is 0.504 e. The van der Waals surface area contributed by atoms with Crippen molar-refractivity contribution in [1.82, 2.24) is 0 Å². The highest BCUT2D eigenvalue weighted by Gasteiger charge is 2.09. The molecule has 0 aliphatic carbocycles. The molecule has 0 spiro atoms. The first-order valence-electron chi connectivity index (χ1n) is 3.21. The molecule has 1 rings (SSSR count). The van der Waals surface area contributed by atoms with Crippen molar-refractivity contribution in [1.29, 1.82) is 0 Å². The summed E-state index contributed by atoms with van der Waals surface area (Å²) in [6.45, 7) is 0. The standard InChI is InChI=1S/C8H7IO3/c1-12-8-6(11)3-2-5(4-10)7(8)9/h2-4,11H,1H3. The van der Waals surface area contributed by atoms with Crippen molar-refractivity contribution in [2.75, 3.05) is 7.11 Å². The molecule has 0 aliphatic rings. The van der Waals surface area contributed by atoms with Crippen molar-refractivity contribution < 1.29 is 14.6 Å². The number of phenolic OH excluding ortho intramolecular Hbond substituents is 1. The van der Waals surface area contributed by atoms with Crippen LogP contribution in [-0.4, -0.2) is 18.5 Å². The second kappa shape index (κ2) is 3.75. The van der Waals surface area contributed by atoms with Crippen LogP contribution in [0.2, 0.25) is 0 Å². The topological polar surface area (TPSA) is 46.5 Å². The third-order valence-electron chi connectivity index (χ3n) is 1.44. The number of rotatable bonds is 2. The fraction of sp³-hybridized carbons (Fsp3) is 0.125. The second-order valence-corrected chi connectivity index (χ2v) is 3.22. The van der Waals surface area contributed by atoms with Gasteiger partial charge < -0.3 is 9.84 Å². The molecule has 1 N–H and O–H groups in total. The molecule has 0 radical (unpaired) electrons. The van der Waals surface area contributed by atoms with Gasteiger partial charge in [-0.05, 0) is 34.7 Å². The first-order valence-corrected chi connectivity index (χ1v) is 4.29. The minimum Gasteiger partial charge on any atom is -0.504 e. The minimum absolute atomic E-state index is 0.0486. The van der Waals surface area contributed by atoms with Crippen LogP contribution in [0.3, 0.4) is 0 Å². The number of benzene rings is 1. The Hall–Kier alpha value is -0.780. The van der Waals surface area contributed by atoms with E-state index in [-0.39, 0.29) is 5.75 Å². The maximum Gasteiger partial charge on any atom is 0.174 e. The monoisotopic (exact) mass is 278 g/mol. The van der Waals surface area contributed by atoms with Gasteiger partial charge in [0.2, 0.25) is 0 Å². The number of carbonyl (C=O) groups excluding carboxylic acids is 1. The van der Waals surface area contributed by atoms with Crippen LogP contribution in [0.4, 0.5) is 0 Å². The van der Waals surface area contributed by atoms with E-state index in [1.807, 2.05) is 22.6 Å². The van der Waals surface area contributed by atoms with E-state index in [0.717, 1.165) is 6.29 Å². The Kier molecular flexibility index (Phi) is 2.91.